The van der Waals surface area contributed by atoms with Crippen LogP contribution in [0.4, 0.5) is 34.1 Å². The molecule has 0 aliphatic rings. The number of hydrogen-bond acceptors (Lipinski definition) is 2. The van der Waals surface area contributed by atoms with Gasteiger partial charge in [-0.3, -0.25) is 0 Å². The van der Waals surface area contributed by atoms with Gasteiger partial charge in [0.05, 0.1) is 22.7 Å². The molecule has 0 atom stereocenters. The molecular weight excluding hydrogens is 837 g/mol. The third kappa shape index (κ3) is 7.80. The van der Waals surface area contributed by atoms with Gasteiger partial charge in [0, 0.05) is 22.1 Å². The zero-order valence-corrected chi connectivity index (χ0v) is 41.7. The van der Waals surface area contributed by atoms with E-state index in [9.17, 15) is 0 Å². The maximum Gasteiger partial charge on any atom is 0.0540 e. The van der Waals surface area contributed by atoms with Gasteiger partial charge >= 0.3 is 0 Å². The van der Waals surface area contributed by atoms with Crippen molar-refractivity contribution >= 4 is 86.5 Å². The van der Waals surface area contributed by atoms with Crippen molar-refractivity contribution < 1.29 is 0 Å². The Kier molecular flexibility index (Phi) is 11.0. The fraction of sp³-hybridized carbons (Fsp3) is 0.161. The zero-order chi connectivity index (χ0) is 46.1. The van der Waals surface area contributed by atoms with Crippen molar-refractivity contribution in [2.75, 3.05) is 47.3 Å². The molecule has 0 radical (unpaired) electrons. The SMILES string of the molecule is Cc1ccc(-c2ccccc2)cc1N(c1cc(S(C)(C)C)ccc1C)c1ccc2ccc3c(N(c4cc(-c5ccccc5)ccc4C)c4cc(S(C)(C)C)ccc4C)ccc4ccc1c2c43. The largest absolute Gasteiger partial charge is 0.309 e. The highest BCUT2D eigenvalue weighted by atomic mass is 32.3. The van der Waals surface area contributed by atoms with E-state index < -0.39 is 20.1 Å². The molecule has 2 nitrogen and oxygen atoms in total. The number of hydrogen-bond donors (Lipinski definition) is 0. The van der Waals surface area contributed by atoms with Crippen molar-refractivity contribution in [2.45, 2.75) is 37.5 Å². The first-order valence-corrected chi connectivity index (χ1v) is 28.6. The Morgan fingerprint density at radius 2 is 0.621 bits per heavy atom. The van der Waals surface area contributed by atoms with Crippen molar-refractivity contribution in [3.05, 3.63) is 204 Å². The van der Waals surface area contributed by atoms with Crippen LogP contribution in [-0.4, -0.2) is 37.5 Å². The van der Waals surface area contributed by atoms with Crippen molar-refractivity contribution in [1.82, 2.24) is 0 Å². The summed E-state index contributed by atoms with van der Waals surface area (Å²) in [6.07, 6.45) is 14.4. The molecule has 330 valence electrons. The second kappa shape index (κ2) is 16.8. The minimum atomic E-state index is -1.01. The minimum Gasteiger partial charge on any atom is -0.309 e. The molecule has 0 amide bonds. The second-order valence-electron chi connectivity index (χ2n) is 19.6. The van der Waals surface area contributed by atoms with Gasteiger partial charge in [0.2, 0.25) is 0 Å². The number of rotatable bonds is 10. The Morgan fingerprint density at radius 3 is 0.985 bits per heavy atom. The van der Waals surface area contributed by atoms with E-state index in [1.165, 1.54) is 121 Å². The molecule has 0 saturated carbocycles. The van der Waals surface area contributed by atoms with Crippen LogP contribution in [0.1, 0.15) is 22.3 Å². The quantitative estimate of drug-likeness (QED) is 0.126. The van der Waals surface area contributed by atoms with Crippen molar-refractivity contribution in [2.24, 2.45) is 0 Å². The maximum atomic E-state index is 2.56. The van der Waals surface area contributed by atoms with Gasteiger partial charge in [0.15, 0.2) is 0 Å². The molecule has 0 heterocycles. The lowest BCUT2D eigenvalue weighted by Crippen LogP contribution is -2.15. The van der Waals surface area contributed by atoms with Crippen LogP contribution in [0.15, 0.2) is 192 Å². The van der Waals surface area contributed by atoms with Gasteiger partial charge in [-0.05, 0) is 190 Å². The predicted molar refractivity (Wildman–Crippen MR) is 297 cm³/mol. The average molecular weight is 897 g/mol. The summed E-state index contributed by atoms with van der Waals surface area (Å²) in [5, 5.41) is 7.55. The predicted octanol–water partition coefficient (Wildman–Crippen LogP) is 18.2. The summed E-state index contributed by atoms with van der Waals surface area (Å²) in [5.74, 6) is 0. The molecule has 0 aromatic heterocycles. The monoisotopic (exact) mass is 896 g/mol. The Bertz CT molecular complexity index is 3200. The molecule has 0 fully saturated rings. The van der Waals surface area contributed by atoms with E-state index in [2.05, 4.69) is 257 Å². The molecule has 10 aromatic carbocycles. The lowest BCUT2D eigenvalue weighted by Gasteiger charge is -2.34. The second-order valence-corrected chi connectivity index (χ2v) is 27.9. The van der Waals surface area contributed by atoms with E-state index in [4.69, 9.17) is 0 Å². The van der Waals surface area contributed by atoms with Crippen molar-refractivity contribution in [3.8, 4) is 22.3 Å². The van der Waals surface area contributed by atoms with E-state index in [0.717, 1.165) is 0 Å². The molecule has 0 saturated heterocycles. The Hall–Kier alpha value is -6.46. The molecule has 10 rings (SSSR count). The third-order valence-corrected chi connectivity index (χ3v) is 16.8. The topological polar surface area (TPSA) is 6.48 Å². The fourth-order valence-electron chi connectivity index (χ4n) is 9.68. The van der Waals surface area contributed by atoms with Gasteiger partial charge in [0.25, 0.3) is 0 Å². The van der Waals surface area contributed by atoms with E-state index in [1.54, 1.807) is 0 Å². The van der Waals surface area contributed by atoms with Crippen molar-refractivity contribution in [3.63, 3.8) is 0 Å². The Labute approximate surface area is 395 Å². The first kappa shape index (κ1) is 43.4. The van der Waals surface area contributed by atoms with Crippen molar-refractivity contribution in [1.29, 1.82) is 0 Å². The highest BCUT2D eigenvalue weighted by Gasteiger charge is 2.26. The van der Waals surface area contributed by atoms with E-state index in [-0.39, 0.29) is 0 Å². The van der Waals surface area contributed by atoms with Crippen LogP contribution in [0.25, 0.3) is 54.6 Å². The molecule has 10 aromatic rings. The number of anilines is 6. The van der Waals surface area contributed by atoms with Crippen LogP contribution in [-0.2, 0) is 0 Å². The summed E-state index contributed by atoms with van der Waals surface area (Å²) in [5.41, 5.74) is 17.0. The molecule has 0 spiro atoms. The van der Waals surface area contributed by atoms with Crippen LogP contribution < -0.4 is 9.80 Å². The van der Waals surface area contributed by atoms with Gasteiger partial charge in [-0.25, -0.2) is 20.1 Å². The fourth-order valence-corrected chi connectivity index (χ4v) is 11.6. The molecular formula is C62H60N2S2. The summed E-state index contributed by atoms with van der Waals surface area (Å²) >= 11 is 0. The molecule has 0 bridgehead atoms. The van der Waals surface area contributed by atoms with Gasteiger partial charge in [0.1, 0.15) is 0 Å². The average Bonchev–Trinajstić information content (AvgIpc) is 3.31. The lowest BCUT2D eigenvalue weighted by molar-refractivity contribution is 1.21. The molecule has 0 aliphatic heterocycles. The van der Waals surface area contributed by atoms with Gasteiger partial charge < -0.3 is 9.80 Å². The van der Waals surface area contributed by atoms with E-state index in [1.807, 2.05) is 0 Å². The smallest absolute Gasteiger partial charge is 0.0540 e. The first-order chi connectivity index (χ1) is 31.7. The van der Waals surface area contributed by atoms with Crippen LogP contribution in [0, 0.1) is 27.7 Å². The standard InChI is InChI=1S/C62H60N2S2/c1-41-21-25-49(45-17-13-11-14-18-45)37-57(41)63(59-39-51(65(5,6)7)31-23-43(59)3)55-35-29-47-28-34-54-56(36-30-48-27-33-53(55)61(47)62(48)54)64(60-40-52(66(8,9)10)32-24-44(60)4)58-38-50(26-22-42(58)2)46-19-15-12-16-20-46/h11-40H,1-10H3. The number of nitrogens with zero attached hydrogens (tertiary/aromatic N) is 2. The molecule has 4 heteroatoms. The minimum absolute atomic E-state index is 1.01. The zero-order valence-electron chi connectivity index (χ0n) is 40.0. The normalized spacial score (nSPS) is 12.6. The third-order valence-electron chi connectivity index (χ3n) is 13.5. The maximum absolute atomic E-state index is 2.56. The number of aryl methyl sites for hydroxylation is 4. The summed E-state index contributed by atoms with van der Waals surface area (Å²) < 4.78 is 0. The summed E-state index contributed by atoms with van der Waals surface area (Å²) in [4.78, 5) is 7.91. The molecule has 66 heavy (non-hydrogen) atoms. The van der Waals surface area contributed by atoms with E-state index in [0.29, 0.717) is 0 Å². The van der Waals surface area contributed by atoms with Crippen LogP contribution in [0.3, 0.4) is 0 Å². The Morgan fingerprint density at radius 1 is 0.288 bits per heavy atom. The van der Waals surface area contributed by atoms with Crippen LogP contribution in [0.5, 0.6) is 0 Å². The highest BCUT2D eigenvalue weighted by molar-refractivity contribution is 8.32. The molecule has 0 N–H and O–H groups in total. The first-order valence-electron chi connectivity index (χ1n) is 22.9. The van der Waals surface area contributed by atoms with E-state index >= 15 is 0 Å². The van der Waals surface area contributed by atoms with Crippen LogP contribution in [0.2, 0.25) is 0 Å². The highest BCUT2D eigenvalue weighted by Crippen LogP contribution is 2.53. The summed E-state index contributed by atoms with van der Waals surface area (Å²) in [6, 6.07) is 68.7. The Balaban J connectivity index is 1.26. The summed E-state index contributed by atoms with van der Waals surface area (Å²) in [7, 11) is -2.02. The molecule has 0 aliphatic carbocycles. The lowest BCUT2D eigenvalue weighted by atomic mass is 9.91. The van der Waals surface area contributed by atoms with Gasteiger partial charge in [-0.1, -0.05) is 133 Å². The van der Waals surface area contributed by atoms with Gasteiger partial charge in [-0.2, -0.15) is 0 Å². The summed E-state index contributed by atoms with van der Waals surface area (Å²) in [6.45, 7) is 9.05. The number of benzene rings is 10. The molecule has 0 unspecified atom stereocenters. The van der Waals surface area contributed by atoms with Gasteiger partial charge in [-0.15, -0.1) is 0 Å². The van der Waals surface area contributed by atoms with Crippen LogP contribution >= 0.6 is 20.1 Å².